The number of aliphatic hydroxyl groups excluding tert-OH is 1. The van der Waals surface area contributed by atoms with Gasteiger partial charge >= 0.3 is 0 Å². The van der Waals surface area contributed by atoms with Crippen molar-refractivity contribution in [2.24, 2.45) is 5.84 Å². The molecule has 8 nitrogen and oxygen atoms in total. The fraction of sp³-hybridized carbons (Fsp3) is 0.111. The van der Waals surface area contributed by atoms with Crippen LogP contribution in [0.2, 0.25) is 0 Å². The molecule has 0 fully saturated rings. The van der Waals surface area contributed by atoms with Crippen LogP contribution in [-0.2, 0) is 0 Å². The van der Waals surface area contributed by atoms with Crippen molar-refractivity contribution in [1.29, 1.82) is 0 Å². The second-order valence-electron chi connectivity index (χ2n) is 5.64. The van der Waals surface area contributed by atoms with Crippen LogP contribution in [-0.4, -0.2) is 21.6 Å². The van der Waals surface area contributed by atoms with E-state index in [0.29, 0.717) is 29.7 Å². The Morgan fingerprint density at radius 3 is 2.65 bits per heavy atom. The molecule has 1 atom stereocenters. The Balaban J connectivity index is 1.65. The summed E-state index contributed by atoms with van der Waals surface area (Å²) in [7, 11) is 0. The number of benzene rings is 2. The number of hydrazine groups is 1. The first kappa shape index (κ1) is 17.5. The van der Waals surface area contributed by atoms with Crippen LogP contribution in [0.4, 0.5) is 28.8 Å². The van der Waals surface area contributed by atoms with Gasteiger partial charge in [-0.25, -0.2) is 4.98 Å². The number of anilines is 5. The van der Waals surface area contributed by atoms with E-state index in [1.807, 2.05) is 30.3 Å². The van der Waals surface area contributed by atoms with Gasteiger partial charge in [-0.15, -0.1) is 0 Å². The van der Waals surface area contributed by atoms with E-state index >= 15 is 0 Å². The van der Waals surface area contributed by atoms with E-state index in [0.717, 1.165) is 11.3 Å². The summed E-state index contributed by atoms with van der Waals surface area (Å²) >= 11 is 0. The van der Waals surface area contributed by atoms with Gasteiger partial charge in [-0.3, -0.25) is 5.84 Å². The predicted molar refractivity (Wildman–Crippen MR) is 104 cm³/mol. The Morgan fingerprint density at radius 1 is 1.08 bits per heavy atom. The Hall–Kier alpha value is -3.36. The van der Waals surface area contributed by atoms with E-state index in [-0.39, 0.29) is 0 Å². The largest absolute Gasteiger partial charge is 0.397 e. The molecular weight excluding hydrogens is 330 g/mol. The van der Waals surface area contributed by atoms with Crippen LogP contribution in [0.5, 0.6) is 0 Å². The molecule has 0 radical (unpaired) electrons. The van der Waals surface area contributed by atoms with Gasteiger partial charge in [0.15, 0.2) is 0 Å². The minimum absolute atomic E-state index is 0.337. The van der Waals surface area contributed by atoms with Gasteiger partial charge in [-0.1, -0.05) is 30.3 Å². The van der Waals surface area contributed by atoms with Crippen LogP contribution in [0.15, 0.2) is 60.8 Å². The summed E-state index contributed by atoms with van der Waals surface area (Å²) in [5, 5.41) is 16.4. The molecule has 3 rings (SSSR count). The summed E-state index contributed by atoms with van der Waals surface area (Å²) in [6, 6.07) is 16.5. The fourth-order valence-corrected chi connectivity index (χ4v) is 2.40. The Morgan fingerprint density at radius 2 is 1.88 bits per heavy atom. The van der Waals surface area contributed by atoms with Crippen molar-refractivity contribution in [3.63, 3.8) is 0 Å². The van der Waals surface area contributed by atoms with Crippen LogP contribution in [0.1, 0.15) is 11.7 Å². The van der Waals surface area contributed by atoms with Gasteiger partial charge in [0.05, 0.1) is 17.5 Å². The maximum absolute atomic E-state index is 10.2. The van der Waals surface area contributed by atoms with Crippen LogP contribution in [0, 0.1) is 0 Å². The minimum Gasteiger partial charge on any atom is -0.397 e. The van der Waals surface area contributed by atoms with Crippen molar-refractivity contribution >= 4 is 28.8 Å². The molecule has 0 bridgehead atoms. The molecule has 8 N–H and O–H groups in total. The highest BCUT2D eigenvalue weighted by Crippen LogP contribution is 2.24. The third-order valence-corrected chi connectivity index (χ3v) is 3.78. The van der Waals surface area contributed by atoms with Crippen LogP contribution >= 0.6 is 0 Å². The Kier molecular flexibility index (Phi) is 5.47. The normalized spacial score (nSPS) is 11.6. The molecule has 0 saturated carbocycles. The smallest absolute Gasteiger partial charge is 0.229 e. The molecule has 26 heavy (non-hydrogen) atoms. The lowest BCUT2D eigenvalue weighted by Gasteiger charge is -2.13. The van der Waals surface area contributed by atoms with Crippen molar-refractivity contribution in [2.75, 3.05) is 28.3 Å². The zero-order chi connectivity index (χ0) is 18.4. The first-order valence-electron chi connectivity index (χ1n) is 8.09. The van der Waals surface area contributed by atoms with Crippen molar-refractivity contribution in [1.82, 2.24) is 9.97 Å². The topological polar surface area (TPSA) is 134 Å². The molecule has 2 aromatic carbocycles. The lowest BCUT2D eigenvalue weighted by molar-refractivity contribution is 0.191. The minimum atomic E-state index is -0.627. The third kappa shape index (κ3) is 4.38. The summed E-state index contributed by atoms with van der Waals surface area (Å²) in [6.45, 7) is 0.337. The zero-order valence-electron chi connectivity index (χ0n) is 14.1. The molecule has 8 heteroatoms. The van der Waals surface area contributed by atoms with Crippen molar-refractivity contribution in [3.05, 3.63) is 66.4 Å². The van der Waals surface area contributed by atoms with E-state index in [2.05, 4.69) is 26.0 Å². The molecule has 134 valence electrons. The zero-order valence-corrected chi connectivity index (χ0v) is 14.1. The second-order valence-corrected chi connectivity index (χ2v) is 5.64. The molecule has 0 aliphatic rings. The van der Waals surface area contributed by atoms with Crippen molar-refractivity contribution < 1.29 is 5.11 Å². The SMILES string of the molecule is NNc1cc(Nc2nccc(NCC(O)c3ccccc3)n2)ccc1N. The second kappa shape index (κ2) is 8.15. The highest BCUT2D eigenvalue weighted by molar-refractivity contribution is 5.72. The number of rotatable bonds is 7. The van der Waals surface area contributed by atoms with Gasteiger partial charge in [-0.2, -0.15) is 4.98 Å². The molecule has 0 aliphatic carbocycles. The van der Waals surface area contributed by atoms with E-state index in [9.17, 15) is 5.11 Å². The number of nitrogens with one attached hydrogen (secondary N) is 3. The summed E-state index contributed by atoms with van der Waals surface area (Å²) in [5.41, 5.74) is 11.1. The molecular formula is C18H21N7O. The first-order valence-corrected chi connectivity index (χ1v) is 8.09. The Labute approximate surface area is 151 Å². The highest BCUT2D eigenvalue weighted by Gasteiger charge is 2.08. The number of nitrogen functional groups attached to an aromatic ring is 2. The number of nitrogens with two attached hydrogens (primary N) is 2. The van der Waals surface area contributed by atoms with E-state index in [1.165, 1.54) is 0 Å². The van der Waals surface area contributed by atoms with E-state index in [4.69, 9.17) is 11.6 Å². The first-order chi connectivity index (χ1) is 12.7. The van der Waals surface area contributed by atoms with Gasteiger partial charge in [0.2, 0.25) is 5.95 Å². The maximum Gasteiger partial charge on any atom is 0.229 e. The number of aliphatic hydroxyl groups is 1. The molecule has 1 heterocycles. The summed E-state index contributed by atoms with van der Waals surface area (Å²) in [4.78, 5) is 8.57. The summed E-state index contributed by atoms with van der Waals surface area (Å²) in [6.07, 6.45) is 1.00. The van der Waals surface area contributed by atoms with Gasteiger partial charge in [0.25, 0.3) is 0 Å². The molecule has 1 unspecified atom stereocenters. The molecule has 3 aromatic rings. The highest BCUT2D eigenvalue weighted by atomic mass is 16.3. The van der Waals surface area contributed by atoms with E-state index < -0.39 is 6.10 Å². The average Bonchev–Trinajstić information content (AvgIpc) is 2.68. The summed E-state index contributed by atoms with van der Waals surface area (Å²) in [5.74, 6) is 6.45. The van der Waals surface area contributed by atoms with Crippen molar-refractivity contribution in [2.45, 2.75) is 6.10 Å². The lowest BCUT2D eigenvalue weighted by Crippen LogP contribution is -2.13. The van der Waals surface area contributed by atoms with Gasteiger partial charge < -0.3 is 26.9 Å². The van der Waals surface area contributed by atoms with E-state index in [1.54, 1.807) is 30.5 Å². The third-order valence-electron chi connectivity index (χ3n) is 3.78. The Bertz CT molecular complexity index is 857. The van der Waals surface area contributed by atoms with Gasteiger partial charge in [-0.05, 0) is 29.8 Å². The number of aromatic nitrogens is 2. The van der Waals surface area contributed by atoms with Crippen LogP contribution in [0.25, 0.3) is 0 Å². The monoisotopic (exact) mass is 351 g/mol. The summed E-state index contributed by atoms with van der Waals surface area (Å²) < 4.78 is 0. The average molecular weight is 351 g/mol. The predicted octanol–water partition coefficient (Wildman–Crippen LogP) is 2.23. The molecule has 0 saturated heterocycles. The standard InChI is InChI=1S/C18H21N7O/c19-14-7-6-13(10-15(14)25-20)23-18-21-9-8-17(24-18)22-11-16(26)12-4-2-1-3-5-12/h1-10,16,25-26H,11,19-20H2,(H2,21,22,23,24). The van der Waals surface area contributed by atoms with Crippen molar-refractivity contribution in [3.8, 4) is 0 Å². The molecule has 1 aromatic heterocycles. The fourth-order valence-electron chi connectivity index (χ4n) is 2.40. The number of hydrogen-bond donors (Lipinski definition) is 6. The molecule has 0 aliphatic heterocycles. The maximum atomic E-state index is 10.2. The molecule has 0 spiro atoms. The van der Waals surface area contributed by atoms with Gasteiger partial charge in [0.1, 0.15) is 5.82 Å². The quantitative estimate of drug-likeness (QED) is 0.217. The molecule has 0 amide bonds. The number of hydrogen-bond acceptors (Lipinski definition) is 8. The van der Waals surface area contributed by atoms with Gasteiger partial charge in [0, 0.05) is 18.4 Å². The van der Waals surface area contributed by atoms with Crippen LogP contribution in [0.3, 0.4) is 0 Å². The van der Waals surface area contributed by atoms with Crippen LogP contribution < -0.4 is 27.6 Å². The lowest BCUT2D eigenvalue weighted by atomic mass is 10.1. The number of nitrogens with zero attached hydrogens (tertiary/aromatic N) is 2.